The maximum absolute atomic E-state index is 11.7. The number of nitrogens with zero attached hydrogens (tertiary/aromatic N) is 3. The Balaban J connectivity index is 1.92. The van der Waals surface area contributed by atoms with Crippen molar-refractivity contribution in [1.29, 1.82) is 0 Å². The molecule has 1 N–H and O–H groups in total. The minimum atomic E-state index is -2.07. The number of rotatable bonds is 3. The highest BCUT2D eigenvalue weighted by Crippen LogP contribution is 2.29. The molecule has 0 aliphatic rings. The first-order valence-electron chi connectivity index (χ1n) is 6.25. The summed E-state index contributed by atoms with van der Waals surface area (Å²) in [5.74, 6) is 0.0177. The Hall–Kier alpha value is -1.54. The summed E-state index contributed by atoms with van der Waals surface area (Å²) in [5, 5.41) is 8.50. The molecule has 3 rings (SSSR count). The van der Waals surface area contributed by atoms with Crippen LogP contribution in [0.25, 0.3) is 16.2 Å². The van der Waals surface area contributed by atoms with Crippen molar-refractivity contribution >= 4 is 63.0 Å². The van der Waals surface area contributed by atoms with Gasteiger partial charge in [-0.3, -0.25) is 10.1 Å². The third-order valence-electron chi connectivity index (χ3n) is 2.95. The van der Waals surface area contributed by atoms with E-state index in [-0.39, 0.29) is 5.95 Å². The first kappa shape index (κ1) is 16.3. The standard InChI is InChI=1S/C13H9Cl3N4O2S/c1-22-8-4-2-7(3-5-8)9-6-23-12-18-11(19-20(9)12)17-10(21)13(14,15)16/h2-6H,1H3,(H,17,19,21). The van der Waals surface area contributed by atoms with Crippen LogP contribution in [0.2, 0.25) is 0 Å². The number of aromatic nitrogens is 3. The fraction of sp³-hybridized carbons (Fsp3) is 0.154. The molecule has 23 heavy (non-hydrogen) atoms. The summed E-state index contributed by atoms with van der Waals surface area (Å²) in [6.45, 7) is 0. The van der Waals surface area contributed by atoms with Crippen molar-refractivity contribution in [2.75, 3.05) is 12.4 Å². The van der Waals surface area contributed by atoms with E-state index in [1.54, 1.807) is 11.6 Å². The number of hydrogen-bond acceptors (Lipinski definition) is 5. The van der Waals surface area contributed by atoms with Gasteiger partial charge < -0.3 is 4.74 Å². The summed E-state index contributed by atoms with van der Waals surface area (Å²) in [7, 11) is 1.61. The average Bonchev–Trinajstić information content (AvgIpc) is 3.06. The van der Waals surface area contributed by atoms with Gasteiger partial charge >= 0.3 is 0 Å². The van der Waals surface area contributed by atoms with Crippen LogP contribution >= 0.6 is 46.1 Å². The molecule has 0 unspecified atom stereocenters. The van der Waals surface area contributed by atoms with Gasteiger partial charge in [0.1, 0.15) is 5.75 Å². The van der Waals surface area contributed by atoms with Gasteiger partial charge in [0.2, 0.25) is 4.96 Å². The monoisotopic (exact) mass is 390 g/mol. The summed E-state index contributed by atoms with van der Waals surface area (Å²) in [6.07, 6.45) is 0. The maximum atomic E-state index is 11.7. The summed E-state index contributed by atoms with van der Waals surface area (Å²) >= 11 is 17.9. The van der Waals surface area contributed by atoms with Gasteiger partial charge in [-0.05, 0) is 24.3 Å². The van der Waals surface area contributed by atoms with Crippen LogP contribution in [0.1, 0.15) is 0 Å². The number of amides is 1. The van der Waals surface area contributed by atoms with E-state index >= 15 is 0 Å². The molecule has 0 spiro atoms. The van der Waals surface area contributed by atoms with E-state index in [1.165, 1.54) is 11.3 Å². The molecular formula is C13H9Cl3N4O2S. The first-order chi connectivity index (χ1) is 10.9. The molecule has 6 nitrogen and oxygen atoms in total. The van der Waals surface area contributed by atoms with Gasteiger partial charge in [0, 0.05) is 10.9 Å². The van der Waals surface area contributed by atoms with Gasteiger partial charge in [0.15, 0.2) is 0 Å². The molecule has 3 aromatic rings. The van der Waals surface area contributed by atoms with Gasteiger partial charge in [-0.2, -0.15) is 4.98 Å². The predicted molar refractivity (Wildman–Crippen MR) is 91.8 cm³/mol. The number of thiazole rings is 1. The number of nitrogens with one attached hydrogen (secondary N) is 1. The molecule has 2 aromatic heterocycles. The largest absolute Gasteiger partial charge is 0.497 e. The zero-order chi connectivity index (χ0) is 16.6. The molecule has 120 valence electrons. The van der Waals surface area contributed by atoms with Crippen LogP contribution in [0.5, 0.6) is 5.75 Å². The third-order valence-corrected chi connectivity index (χ3v) is 4.28. The highest BCUT2D eigenvalue weighted by molar-refractivity contribution is 7.15. The summed E-state index contributed by atoms with van der Waals surface area (Å²) in [5.41, 5.74) is 1.76. The number of benzene rings is 1. The molecule has 1 amide bonds. The number of anilines is 1. The maximum Gasteiger partial charge on any atom is 0.278 e. The number of halogens is 3. The zero-order valence-electron chi connectivity index (χ0n) is 11.6. The van der Waals surface area contributed by atoms with Crippen molar-refractivity contribution in [3.05, 3.63) is 29.6 Å². The van der Waals surface area contributed by atoms with Gasteiger partial charge in [-0.1, -0.05) is 34.8 Å². The van der Waals surface area contributed by atoms with Crippen molar-refractivity contribution in [2.45, 2.75) is 3.79 Å². The minimum absolute atomic E-state index is 0.0722. The van der Waals surface area contributed by atoms with Crippen LogP contribution in [0.15, 0.2) is 29.6 Å². The van der Waals surface area contributed by atoms with E-state index < -0.39 is 9.70 Å². The lowest BCUT2D eigenvalue weighted by molar-refractivity contribution is -0.115. The van der Waals surface area contributed by atoms with Crippen molar-refractivity contribution in [2.24, 2.45) is 0 Å². The fourth-order valence-corrected chi connectivity index (χ4v) is 2.84. The number of alkyl halides is 3. The van der Waals surface area contributed by atoms with Crippen LogP contribution in [0.4, 0.5) is 5.95 Å². The molecule has 1 aromatic carbocycles. The van der Waals surface area contributed by atoms with Crippen molar-refractivity contribution in [3.63, 3.8) is 0 Å². The lowest BCUT2D eigenvalue weighted by Gasteiger charge is -2.08. The molecule has 0 saturated carbocycles. The smallest absolute Gasteiger partial charge is 0.278 e. The van der Waals surface area contributed by atoms with Crippen LogP contribution in [-0.2, 0) is 4.79 Å². The van der Waals surface area contributed by atoms with Gasteiger partial charge in [0.05, 0.1) is 12.8 Å². The Labute approximate surface area is 149 Å². The van der Waals surface area contributed by atoms with Crippen molar-refractivity contribution in [3.8, 4) is 17.0 Å². The second-order valence-corrected chi connectivity index (χ2v) is 7.55. The Morgan fingerprint density at radius 1 is 1.30 bits per heavy atom. The minimum Gasteiger partial charge on any atom is -0.497 e. The highest BCUT2D eigenvalue weighted by atomic mass is 35.6. The van der Waals surface area contributed by atoms with Crippen LogP contribution in [0, 0.1) is 0 Å². The number of hydrogen-bond donors (Lipinski definition) is 1. The van der Waals surface area contributed by atoms with Gasteiger partial charge in [0.25, 0.3) is 15.6 Å². The second-order valence-electron chi connectivity index (χ2n) is 4.43. The molecule has 0 aliphatic carbocycles. The number of carbonyl (C=O) groups excluding carboxylic acids is 1. The lowest BCUT2D eigenvalue weighted by Crippen LogP contribution is -2.27. The number of methoxy groups -OCH3 is 1. The normalized spacial score (nSPS) is 11.7. The molecule has 0 saturated heterocycles. The van der Waals surface area contributed by atoms with E-state index in [4.69, 9.17) is 39.5 Å². The number of ether oxygens (including phenoxy) is 1. The number of fused-ring (bicyclic) bond motifs is 1. The lowest BCUT2D eigenvalue weighted by atomic mass is 10.2. The average molecular weight is 392 g/mol. The first-order valence-corrected chi connectivity index (χ1v) is 8.26. The Kier molecular flexibility index (Phi) is 4.37. The van der Waals surface area contributed by atoms with Crippen LogP contribution in [0.3, 0.4) is 0 Å². The molecule has 0 radical (unpaired) electrons. The molecule has 10 heteroatoms. The third kappa shape index (κ3) is 3.37. The summed E-state index contributed by atoms with van der Waals surface area (Å²) < 4.78 is 4.68. The topological polar surface area (TPSA) is 68.5 Å². The molecular weight excluding hydrogens is 383 g/mol. The van der Waals surface area contributed by atoms with Crippen LogP contribution < -0.4 is 10.1 Å². The highest BCUT2D eigenvalue weighted by Gasteiger charge is 2.31. The Morgan fingerprint density at radius 2 is 2.00 bits per heavy atom. The van der Waals surface area contributed by atoms with Gasteiger partial charge in [-0.25, -0.2) is 4.52 Å². The Morgan fingerprint density at radius 3 is 2.61 bits per heavy atom. The van der Waals surface area contributed by atoms with Crippen LogP contribution in [-0.4, -0.2) is 31.4 Å². The van der Waals surface area contributed by atoms with E-state index in [2.05, 4.69) is 15.4 Å². The van der Waals surface area contributed by atoms with E-state index in [9.17, 15) is 4.79 Å². The molecule has 2 heterocycles. The SMILES string of the molecule is COc1ccc(-c2csc3nc(NC(=O)C(Cl)(Cl)Cl)nn23)cc1. The number of carbonyl (C=O) groups is 1. The molecule has 0 aliphatic heterocycles. The fourth-order valence-electron chi connectivity index (χ4n) is 1.87. The molecule has 0 fully saturated rings. The van der Waals surface area contributed by atoms with E-state index in [0.29, 0.717) is 4.96 Å². The quantitative estimate of drug-likeness (QED) is 0.690. The summed E-state index contributed by atoms with van der Waals surface area (Å²) in [6, 6.07) is 7.51. The zero-order valence-corrected chi connectivity index (χ0v) is 14.7. The predicted octanol–water partition coefficient (Wildman–Crippen LogP) is 3.78. The second kappa shape index (κ2) is 6.16. The van der Waals surface area contributed by atoms with E-state index in [0.717, 1.165) is 17.0 Å². The summed E-state index contributed by atoms with van der Waals surface area (Å²) in [4.78, 5) is 16.4. The van der Waals surface area contributed by atoms with E-state index in [1.807, 2.05) is 29.6 Å². The van der Waals surface area contributed by atoms with Gasteiger partial charge in [-0.15, -0.1) is 16.4 Å². The molecule has 0 atom stereocenters. The Bertz CT molecular complexity index is 854. The van der Waals surface area contributed by atoms with Crippen molar-refractivity contribution in [1.82, 2.24) is 14.6 Å². The van der Waals surface area contributed by atoms with Crippen molar-refractivity contribution < 1.29 is 9.53 Å². The molecule has 0 bridgehead atoms.